The number of aliphatic hydroxyl groups excluding tert-OH is 3. The minimum Gasteiger partial charge on any atom is -0.460 e. The summed E-state index contributed by atoms with van der Waals surface area (Å²) in [7, 11) is 0. The molecule has 3 saturated heterocycles. The Kier molecular flexibility index (Phi) is 18.8. The Labute approximate surface area is 269 Å². The summed E-state index contributed by atoms with van der Waals surface area (Å²) >= 11 is 0. The lowest BCUT2D eigenvalue weighted by atomic mass is 9.95. The third-order valence-electron chi connectivity index (χ3n) is 10.6. The summed E-state index contributed by atoms with van der Waals surface area (Å²) in [5.41, 5.74) is 0. The maximum Gasteiger partial charge on any atom is 0.312 e. The fourth-order valence-electron chi connectivity index (χ4n) is 7.58. The second kappa shape index (κ2) is 22.0. The molecular weight excluding hydrogens is 556 g/mol. The number of esters is 1. The summed E-state index contributed by atoms with van der Waals surface area (Å²) in [6.07, 6.45) is 26.3. The van der Waals surface area contributed by atoms with Gasteiger partial charge in [0.15, 0.2) is 0 Å². The quantitative estimate of drug-likeness (QED) is 0.0699. The van der Waals surface area contributed by atoms with Gasteiger partial charge >= 0.3 is 5.97 Å². The first-order valence-corrected chi connectivity index (χ1v) is 19.0. The molecule has 0 spiro atoms. The van der Waals surface area contributed by atoms with Crippen LogP contribution >= 0.6 is 0 Å². The largest absolute Gasteiger partial charge is 0.460 e. The molecule has 0 aromatic heterocycles. The summed E-state index contributed by atoms with van der Waals surface area (Å²) in [6.45, 7) is 4.02. The third-order valence-corrected chi connectivity index (χ3v) is 10.6. The van der Waals surface area contributed by atoms with Gasteiger partial charge in [-0.1, -0.05) is 122 Å². The van der Waals surface area contributed by atoms with Crippen molar-refractivity contribution in [3.63, 3.8) is 0 Å². The van der Waals surface area contributed by atoms with Crippen molar-refractivity contribution in [2.24, 2.45) is 5.92 Å². The Morgan fingerprint density at radius 1 is 0.636 bits per heavy atom. The number of carbonyl (C=O) groups excluding carboxylic acids is 1. The number of cyclic esters (lactones) is 1. The van der Waals surface area contributed by atoms with Crippen molar-refractivity contribution in [2.45, 2.75) is 223 Å². The number of unbranched alkanes of at least 4 members (excludes halogenated alkanes) is 16. The second-order valence-corrected chi connectivity index (χ2v) is 14.3. The Morgan fingerprint density at radius 3 is 1.45 bits per heavy atom. The number of rotatable bonds is 25. The number of ether oxygens (including phenoxy) is 3. The van der Waals surface area contributed by atoms with E-state index in [9.17, 15) is 20.1 Å². The van der Waals surface area contributed by atoms with Crippen molar-refractivity contribution < 1.29 is 34.3 Å². The van der Waals surface area contributed by atoms with Gasteiger partial charge in [-0.3, -0.25) is 4.79 Å². The highest BCUT2D eigenvalue weighted by Crippen LogP contribution is 2.35. The van der Waals surface area contributed by atoms with Crippen LogP contribution < -0.4 is 0 Å². The normalized spacial score (nSPS) is 30.2. The van der Waals surface area contributed by atoms with Gasteiger partial charge in [-0.15, -0.1) is 0 Å². The van der Waals surface area contributed by atoms with E-state index in [1.807, 2.05) is 0 Å². The monoisotopic (exact) mass is 624 g/mol. The highest BCUT2D eigenvalue weighted by Gasteiger charge is 2.41. The predicted octanol–water partition coefficient (Wildman–Crippen LogP) is 7.94. The predicted molar refractivity (Wildman–Crippen MR) is 175 cm³/mol. The molecule has 3 aliphatic heterocycles. The van der Waals surface area contributed by atoms with Crippen LogP contribution in [0.2, 0.25) is 0 Å². The van der Waals surface area contributed by atoms with Gasteiger partial charge in [0, 0.05) is 0 Å². The molecule has 7 heteroatoms. The first kappa shape index (κ1) is 37.7. The molecule has 0 bridgehead atoms. The zero-order valence-corrected chi connectivity index (χ0v) is 28.3. The van der Waals surface area contributed by atoms with E-state index in [-0.39, 0.29) is 54.6 Å². The van der Waals surface area contributed by atoms with Gasteiger partial charge in [0.1, 0.15) is 12.2 Å². The summed E-state index contributed by atoms with van der Waals surface area (Å²) in [5, 5.41) is 31.5. The molecule has 258 valence electrons. The Morgan fingerprint density at radius 2 is 1.05 bits per heavy atom. The van der Waals surface area contributed by atoms with E-state index < -0.39 is 6.10 Å². The topological polar surface area (TPSA) is 105 Å². The third kappa shape index (κ3) is 13.6. The highest BCUT2D eigenvalue weighted by atomic mass is 16.6. The maximum absolute atomic E-state index is 11.7. The average molecular weight is 625 g/mol. The van der Waals surface area contributed by atoms with Crippen molar-refractivity contribution in [1.82, 2.24) is 0 Å². The molecule has 3 rings (SSSR count). The molecule has 0 aromatic rings. The van der Waals surface area contributed by atoms with E-state index in [1.165, 1.54) is 83.5 Å². The Bertz CT molecular complexity index is 747. The van der Waals surface area contributed by atoms with Crippen LogP contribution in [0.4, 0.5) is 0 Å². The molecule has 3 aliphatic rings. The molecule has 0 unspecified atom stereocenters. The van der Waals surface area contributed by atoms with Gasteiger partial charge in [0.25, 0.3) is 0 Å². The zero-order chi connectivity index (χ0) is 31.6. The van der Waals surface area contributed by atoms with Gasteiger partial charge in [0.2, 0.25) is 0 Å². The standard InChI is InChI=1S/C37H68O7/c1-3-4-5-6-7-13-16-19-22-30(38)32-24-26-34(43-32)35-27-25-33(44-35)31(39)23-20-17-14-11-9-8-10-12-15-18-21-29-36(40)28(2)42-37(29)41/h28-36,38-40H,3-27H2,1-2H3/t28-,29+,30-,31+,32+,33+,34+,35+,36+/m1/s1. The fourth-order valence-corrected chi connectivity index (χ4v) is 7.58. The molecule has 9 atom stereocenters. The van der Waals surface area contributed by atoms with Crippen molar-refractivity contribution >= 4 is 5.97 Å². The summed E-state index contributed by atoms with van der Waals surface area (Å²) in [6, 6.07) is 0. The van der Waals surface area contributed by atoms with Crippen LogP contribution in [-0.4, -0.2) is 70.1 Å². The second-order valence-electron chi connectivity index (χ2n) is 14.3. The Hall–Kier alpha value is -0.730. The molecule has 44 heavy (non-hydrogen) atoms. The van der Waals surface area contributed by atoms with Crippen LogP contribution in [0.25, 0.3) is 0 Å². The van der Waals surface area contributed by atoms with Crippen molar-refractivity contribution in [1.29, 1.82) is 0 Å². The van der Waals surface area contributed by atoms with E-state index in [1.54, 1.807) is 6.92 Å². The molecule has 0 amide bonds. The van der Waals surface area contributed by atoms with Crippen LogP contribution in [0.3, 0.4) is 0 Å². The van der Waals surface area contributed by atoms with Crippen LogP contribution in [0.1, 0.15) is 174 Å². The minimum atomic E-state index is -0.638. The van der Waals surface area contributed by atoms with E-state index in [0.717, 1.165) is 77.0 Å². The van der Waals surface area contributed by atoms with Gasteiger partial charge < -0.3 is 29.5 Å². The minimum absolute atomic E-state index is 0.0554. The number of hydrogen-bond acceptors (Lipinski definition) is 7. The molecule has 7 nitrogen and oxygen atoms in total. The van der Waals surface area contributed by atoms with Crippen molar-refractivity contribution in [2.75, 3.05) is 0 Å². The summed E-state index contributed by atoms with van der Waals surface area (Å²) in [5.74, 6) is -0.557. The van der Waals surface area contributed by atoms with Gasteiger partial charge in [-0.2, -0.15) is 0 Å². The van der Waals surface area contributed by atoms with E-state index in [4.69, 9.17) is 14.2 Å². The average Bonchev–Trinajstić information content (AvgIpc) is 3.75. The van der Waals surface area contributed by atoms with Crippen LogP contribution in [0.15, 0.2) is 0 Å². The van der Waals surface area contributed by atoms with E-state index >= 15 is 0 Å². The molecule has 0 radical (unpaired) electrons. The van der Waals surface area contributed by atoms with Gasteiger partial charge in [0.05, 0.1) is 42.5 Å². The lowest BCUT2D eigenvalue weighted by molar-refractivity contribution is -0.143. The molecule has 0 aromatic carbocycles. The number of hydrogen-bond donors (Lipinski definition) is 3. The zero-order valence-electron chi connectivity index (χ0n) is 28.3. The fraction of sp³-hybridized carbons (Fsp3) is 0.973. The van der Waals surface area contributed by atoms with Crippen LogP contribution in [-0.2, 0) is 19.0 Å². The van der Waals surface area contributed by atoms with Crippen molar-refractivity contribution in [3.8, 4) is 0 Å². The summed E-state index contributed by atoms with van der Waals surface area (Å²) < 4.78 is 17.7. The Balaban J connectivity index is 1.11. The molecule has 0 saturated carbocycles. The SMILES string of the molecule is CCCCCCCCCC[C@@H](O)[C@@H]1CC[C@@H]([C@@H]2CC[C@@H]([C@@H](O)CCCCCCCCCCCC[C@@H]3C(=O)O[C@H](C)[C@@H]3O)O2)O1. The van der Waals surface area contributed by atoms with E-state index in [2.05, 4.69) is 6.92 Å². The lowest BCUT2D eigenvalue weighted by Gasteiger charge is -2.24. The molecular formula is C37H68O7. The van der Waals surface area contributed by atoms with Crippen LogP contribution in [0.5, 0.6) is 0 Å². The number of carbonyl (C=O) groups is 1. The van der Waals surface area contributed by atoms with Gasteiger partial charge in [-0.05, 0) is 51.9 Å². The molecule has 3 fully saturated rings. The van der Waals surface area contributed by atoms with E-state index in [0.29, 0.717) is 0 Å². The number of aliphatic hydroxyl groups is 3. The maximum atomic E-state index is 11.7. The first-order valence-electron chi connectivity index (χ1n) is 19.0. The van der Waals surface area contributed by atoms with Crippen molar-refractivity contribution in [3.05, 3.63) is 0 Å². The first-order chi connectivity index (χ1) is 21.4. The smallest absolute Gasteiger partial charge is 0.312 e. The molecule has 0 aliphatic carbocycles. The summed E-state index contributed by atoms with van der Waals surface area (Å²) in [4.78, 5) is 11.7. The highest BCUT2D eigenvalue weighted by molar-refractivity contribution is 5.75. The molecule has 3 N–H and O–H groups in total. The molecule has 3 heterocycles. The van der Waals surface area contributed by atoms with Crippen LogP contribution in [0, 0.1) is 5.92 Å². The van der Waals surface area contributed by atoms with Gasteiger partial charge in [-0.25, -0.2) is 0 Å². The lowest BCUT2D eigenvalue weighted by Crippen LogP contribution is -2.33.